The molecule has 0 aliphatic carbocycles. The third-order valence-electron chi connectivity index (χ3n) is 3.92. The molecular weight excluding hydrogens is 282 g/mol. The highest BCUT2D eigenvalue weighted by Gasteiger charge is 2.10. The van der Waals surface area contributed by atoms with Crippen LogP contribution in [0.25, 0.3) is 16.7 Å². The first-order valence-electron chi connectivity index (χ1n) is 6.97. The number of benzene rings is 2. The first-order valence-corrected chi connectivity index (χ1v) is 7.35. The molecule has 108 valence electrons. The summed E-state index contributed by atoms with van der Waals surface area (Å²) in [6.45, 7) is 6.14. The minimum atomic E-state index is -0.0732. The van der Waals surface area contributed by atoms with Crippen molar-refractivity contribution in [3.05, 3.63) is 58.4 Å². The fraction of sp³-hybridized carbons (Fsp3) is 0.235. The van der Waals surface area contributed by atoms with Crippen molar-refractivity contribution in [3.8, 4) is 5.69 Å². The number of aryl methyl sites for hydroxylation is 2. The molecule has 3 aromatic rings. The lowest BCUT2D eigenvalue weighted by molar-refractivity contribution is 0.818. The Morgan fingerprint density at radius 1 is 1.14 bits per heavy atom. The minimum absolute atomic E-state index is 0.0732. The van der Waals surface area contributed by atoms with Gasteiger partial charge >= 0.3 is 0 Å². The van der Waals surface area contributed by atoms with E-state index in [-0.39, 0.29) is 6.04 Å². The lowest BCUT2D eigenvalue weighted by Gasteiger charge is -2.11. The highest BCUT2D eigenvalue weighted by atomic mass is 35.5. The van der Waals surface area contributed by atoms with Crippen LogP contribution in [0.5, 0.6) is 0 Å². The van der Waals surface area contributed by atoms with Crippen LogP contribution in [0, 0.1) is 13.8 Å². The molecule has 21 heavy (non-hydrogen) atoms. The van der Waals surface area contributed by atoms with Crippen LogP contribution in [0.3, 0.4) is 0 Å². The van der Waals surface area contributed by atoms with E-state index < -0.39 is 0 Å². The normalized spacial score (nSPS) is 12.8. The smallest absolute Gasteiger partial charge is 0.100 e. The predicted molar refractivity (Wildman–Crippen MR) is 88.2 cm³/mol. The van der Waals surface area contributed by atoms with Gasteiger partial charge in [-0.05, 0) is 61.7 Å². The van der Waals surface area contributed by atoms with Gasteiger partial charge in [0, 0.05) is 16.8 Å². The van der Waals surface area contributed by atoms with Gasteiger partial charge in [0.25, 0.3) is 0 Å². The van der Waals surface area contributed by atoms with Gasteiger partial charge in [-0.25, -0.2) is 4.98 Å². The molecule has 2 aromatic carbocycles. The molecule has 0 bridgehead atoms. The highest BCUT2D eigenvalue weighted by Crippen LogP contribution is 2.27. The standard InChI is InChI=1S/C17H18ClN3/c1-10-6-16-17(7-11(10)2)21(9-20-16)13-4-5-14(12(3)19)15(18)8-13/h4-9,12H,19H2,1-3H3. The van der Waals surface area contributed by atoms with Crippen LogP contribution in [0.4, 0.5) is 0 Å². The van der Waals surface area contributed by atoms with Gasteiger partial charge in [0.05, 0.1) is 11.0 Å². The van der Waals surface area contributed by atoms with Gasteiger partial charge in [0.15, 0.2) is 0 Å². The van der Waals surface area contributed by atoms with E-state index in [1.165, 1.54) is 11.1 Å². The van der Waals surface area contributed by atoms with Gasteiger partial charge in [0.1, 0.15) is 6.33 Å². The van der Waals surface area contributed by atoms with Crippen LogP contribution in [0.2, 0.25) is 5.02 Å². The Labute approximate surface area is 129 Å². The van der Waals surface area contributed by atoms with Crippen LogP contribution in [0.15, 0.2) is 36.7 Å². The summed E-state index contributed by atoms with van der Waals surface area (Å²) in [5.41, 5.74) is 12.4. The Morgan fingerprint density at radius 3 is 2.52 bits per heavy atom. The van der Waals surface area contributed by atoms with Crippen molar-refractivity contribution < 1.29 is 0 Å². The topological polar surface area (TPSA) is 43.8 Å². The van der Waals surface area contributed by atoms with Gasteiger partial charge in [-0.3, -0.25) is 4.57 Å². The van der Waals surface area contributed by atoms with Gasteiger partial charge in [-0.2, -0.15) is 0 Å². The number of nitrogens with two attached hydrogens (primary N) is 1. The van der Waals surface area contributed by atoms with Gasteiger partial charge < -0.3 is 5.73 Å². The Bertz CT molecular complexity index is 818. The molecule has 0 radical (unpaired) electrons. The summed E-state index contributed by atoms with van der Waals surface area (Å²) < 4.78 is 2.05. The number of hydrogen-bond acceptors (Lipinski definition) is 2. The molecule has 0 aliphatic heterocycles. The molecule has 0 saturated heterocycles. The summed E-state index contributed by atoms with van der Waals surface area (Å²) in [6, 6.07) is 10.1. The Morgan fingerprint density at radius 2 is 1.86 bits per heavy atom. The number of imidazole rings is 1. The van der Waals surface area contributed by atoms with E-state index >= 15 is 0 Å². The zero-order valence-corrected chi connectivity index (χ0v) is 13.1. The van der Waals surface area contributed by atoms with Crippen LogP contribution in [-0.4, -0.2) is 9.55 Å². The summed E-state index contributed by atoms with van der Waals surface area (Å²) in [5.74, 6) is 0. The van der Waals surface area contributed by atoms with Gasteiger partial charge in [0.2, 0.25) is 0 Å². The molecule has 1 unspecified atom stereocenters. The highest BCUT2D eigenvalue weighted by molar-refractivity contribution is 6.31. The zero-order chi connectivity index (χ0) is 15.1. The monoisotopic (exact) mass is 299 g/mol. The first-order chi connectivity index (χ1) is 9.97. The van der Waals surface area contributed by atoms with E-state index in [2.05, 4.69) is 35.5 Å². The Hall–Kier alpha value is -1.84. The van der Waals surface area contributed by atoms with Crippen molar-refractivity contribution in [3.63, 3.8) is 0 Å². The number of halogens is 1. The molecule has 2 N–H and O–H groups in total. The van der Waals surface area contributed by atoms with Crippen molar-refractivity contribution in [1.82, 2.24) is 9.55 Å². The molecule has 1 aromatic heterocycles. The third-order valence-corrected chi connectivity index (χ3v) is 4.24. The summed E-state index contributed by atoms with van der Waals surface area (Å²) in [7, 11) is 0. The second kappa shape index (κ2) is 5.17. The molecule has 4 heteroatoms. The quantitative estimate of drug-likeness (QED) is 0.766. The molecule has 0 fully saturated rings. The number of fused-ring (bicyclic) bond motifs is 1. The van der Waals surface area contributed by atoms with Crippen molar-refractivity contribution in [1.29, 1.82) is 0 Å². The van der Waals surface area contributed by atoms with Crippen LogP contribution >= 0.6 is 11.6 Å². The van der Waals surface area contributed by atoms with E-state index in [9.17, 15) is 0 Å². The van der Waals surface area contributed by atoms with E-state index in [4.69, 9.17) is 17.3 Å². The van der Waals surface area contributed by atoms with E-state index in [0.29, 0.717) is 5.02 Å². The molecule has 3 rings (SSSR count). The van der Waals surface area contributed by atoms with Crippen LogP contribution in [0.1, 0.15) is 29.7 Å². The van der Waals surface area contributed by atoms with E-state index in [0.717, 1.165) is 22.3 Å². The maximum absolute atomic E-state index is 6.34. The molecule has 1 atom stereocenters. The first kappa shape index (κ1) is 14.1. The lowest BCUT2D eigenvalue weighted by atomic mass is 10.1. The maximum Gasteiger partial charge on any atom is 0.100 e. The molecule has 0 spiro atoms. The van der Waals surface area contributed by atoms with Crippen molar-refractivity contribution in [2.45, 2.75) is 26.8 Å². The number of nitrogens with zero attached hydrogens (tertiary/aromatic N) is 2. The molecule has 3 nitrogen and oxygen atoms in total. The summed E-state index contributed by atoms with van der Waals surface area (Å²) in [5, 5.41) is 0.688. The van der Waals surface area contributed by atoms with Gasteiger partial charge in [-0.1, -0.05) is 17.7 Å². The third kappa shape index (κ3) is 2.43. The van der Waals surface area contributed by atoms with E-state index in [1.54, 1.807) is 0 Å². The maximum atomic E-state index is 6.34. The van der Waals surface area contributed by atoms with Crippen LogP contribution < -0.4 is 5.73 Å². The predicted octanol–water partition coefficient (Wildman–Crippen LogP) is 4.32. The molecule has 0 saturated carbocycles. The summed E-state index contributed by atoms with van der Waals surface area (Å²) >= 11 is 6.34. The zero-order valence-electron chi connectivity index (χ0n) is 12.4. The SMILES string of the molecule is Cc1cc2ncn(-c3ccc(C(C)N)c(Cl)c3)c2cc1C. The number of rotatable bonds is 2. The second-order valence-electron chi connectivity index (χ2n) is 5.53. The molecule has 0 amide bonds. The fourth-order valence-corrected chi connectivity index (χ4v) is 2.85. The van der Waals surface area contributed by atoms with Crippen molar-refractivity contribution in [2.24, 2.45) is 5.73 Å². The summed E-state index contributed by atoms with van der Waals surface area (Å²) in [6.07, 6.45) is 1.83. The average molecular weight is 300 g/mol. The Kier molecular flexibility index (Phi) is 3.47. The second-order valence-corrected chi connectivity index (χ2v) is 5.94. The van der Waals surface area contributed by atoms with Gasteiger partial charge in [-0.15, -0.1) is 0 Å². The molecule has 1 heterocycles. The molecule has 0 aliphatic rings. The minimum Gasteiger partial charge on any atom is -0.324 e. The fourth-order valence-electron chi connectivity index (χ4n) is 2.51. The van der Waals surface area contributed by atoms with Crippen molar-refractivity contribution in [2.75, 3.05) is 0 Å². The lowest BCUT2D eigenvalue weighted by Crippen LogP contribution is -2.06. The molecular formula is C17H18ClN3. The van der Waals surface area contributed by atoms with E-state index in [1.807, 2.05) is 31.5 Å². The number of hydrogen-bond donors (Lipinski definition) is 1. The number of aromatic nitrogens is 2. The average Bonchev–Trinajstić information content (AvgIpc) is 2.81. The Balaban J connectivity index is 2.17. The van der Waals surface area contributed by atoms with Crippen LogP contribution in [-0.2, 0) is 0 Å². The largest absolute Gasteiger partial charge is 0.324 e. The summed E-state index contributed by atoms with van der Waals surface area (Å²) in [4.78, 5) is 4.48. The van der Waals surface area contributed by atoms with Crippen molar-refractivity contribution >= 4 is 22.6 Å².